The summed E-state index contributed by atoms with van der Waals surface area (Å²) in [5.41, 5.74) is 0. The molecule has 0 aromatic heterocycles. The van der Waals surface area contributed by atoms with Gasteiger partial charge in [0, 0.05) is 6.54 Å². The van der Waals surface area contributed by atoms with Crippen LogP contribution in [0, 0.1) is 5.92 Å². The average molecular weight is 183 g/mol. The van der Waals surface area contributed by atoms with Crippen molar-refractivity contribution in [3.05, 3.63) is 12.7 Å². The van der Waals surface area contributed by atoms with E-state index in [4.69, 9.17) is 0 Å². The highest BCUT2D eigenvalue weighted by atomic mass is 16.1. The van der Waals surface area contributed by atoms with E-state index in [1.54, 1.807) is 0 Å². The summed E-state index contributed by atoms with van der Waals surface area (Å²) in [5.74, 6) is 0.749. The Morgan fingerprint density at radius 3 is 2.77 bits per heavy atom. The molecule has 0 aliphatic rings. The maximum atomic E-state index is 10.7. The summed E-state index contributed by atoms with van der Waals surface area (Å²) in [6, 6.07) is 0. The van der Waals surface area contributed by atoms with Gasteiger partial charge in [0.2, 0.25) is 5.91 Å². The third kappa shape index (κ3) is 7.57. The van der Waals surface area contributed by atoms with Gasteiger partial charge >= 0.3 is 0 Å². The Morgan fingerprint density at radius 2 is 2.23 bits per heavy atom. The van der Waals surface area contributed by atoms with Crippen molar-refractivity contribution in [3.63, 3.8) is 0 Å². The smallest absolute Gasteiger partial charge is 0.243 e. The number of amides is 1. The minimum Gasteiger partial charge on any atom is -0.353 e. The summed E-state index contributed by atoms with van der Waals surface area (Å²) in [6.07, 6.45) is 6.10. The lowest BCUT2D eigenvalue weighted by Gasteiger charge is -2.07. The number of rotatable bonds is 7. The van der Waals surface area contributed by atoms with Gasteiger partial charge < -0.3 is 5.32 Å². The lowest BCUT2D eigenvalue weighted by atomic mass is 10.0. The minimum atomic E-state index is -0.0662. The van der Waals surface area contributed by atoms with E-state index in [9.17, 15) is 4.79 Å². The van der Waals surface area contributed by atoms with Crippen molar-refractivity contribution in [1.29, 1.82) is 0 Å². The topological polar surface area (TPSA) is 29.1 Å². The monoisotopic (exact) mass is 183 g/mol. The molecule has 2 nitrogen and oxygen atoms in total. The molecule has 0 saturated heterocycles. The van der Waals surface area contributed by atoms with E-state index >= 15 is 0 Å². The molecule has 1 unspecified atom stereocenters. The maximum Gasteiger partial charge on any atom is 0.243 e. The van der Waals surface area contributed by atoms with Gasteiger partial charge in [-0.1, -0.05) is 39.7 Å². The van der Waals surface area contributed by atoms with Crippen molar-refractivity contribution < 1.29 is 4.79 Å². The van der Waals surface area contributed by atoms with Crippen molar-refractivity contribution in [2.24, 2.45) is 5.92 Å². The molecule has 0 saturated carbocycles. The van der Waals surface area contributed by atoms with Crippen LogP contribution in [0.2, 0.25) is 0 Å². The van der Waals surface area contributed by atoms with Gasteiger partial charge in [-0.25, -0.2) is 0 Å². The Kier molecular flexibility index (Phi) is 7.36. The maximum absolute atomic E-state index is 10.7. The van der Waals surface area contributed by atoms with Crippen LogP contribution in [0.4, 0.5) is 0 Å². The summed E-state index contributed by atoms with van der Waals surface area (Å²) < 4.78 is 0. The number of hydrogen-bond donors (Lipinski definition) is 1. The average Bonchev–Trinajstić information content (AvgIpc) is 2.16. The quantitative estimate of drug-likeness (QED) is 0.477. The molecule has 2 heteroatoms. The zero-order valence-electron chi connectivity index (χ0n) is 8.81. The number of carbonyl (C=O) groups is 1. The fourth-order valence-corrected chi connectivity index (χ4v) is 1.11. The third-order valence-electron chi connectivity index (χ3n) is 2.31. The molecular weight excluding hydrogens is 162 g/mol. The van der Waals surface area contributed by atoms with Gasteiger partial charge in [0.1, 0.15) is 0 Å². The molecule has 0 rings (SSSR count). The predicted octanol–water partition coefficient (Wildman–Crippen LogP) is 2.51. The van der Waals surface area contributed by atoms with Gasteiger partial charge in [-0.05, 0) is 18.4 Å². The van der Waals surface area contributed by atoms with Gasteiger partial charge in [-0.2, -0.15) is 0 Å². The van der Waals surface area contributed by atoms with Gasteiger partial charge in [0.25, 0.3) is 0 Å². The molecule has 0 aromatic rings. The molecule has 0 spiro atoms. The second-order valence-electron chi connectivity index (χ2n) is 3.50. The summed E-state index contributed by atoms with van der Waals surface area (Å²) in [6.45, 7) is 8.65. The van der Waals surface area contributed by atoms with E-state index < -0.39 is 0 Å². The summed E-state index contributed by atoms with van der Waals surface area (Å²) in [7, 11) is 0. The first-order valence-electron chi connectivity index (χ1n) is 5.11. The number of hydrogen-bond acceptors (Lipinski definition) is 1. The molecule has 13 heavy (non-hydrogen) atoms. The van der Waals surface area contributed by atoms with E-state index in [0.29, 0.717) is 0 Å². The zero-order chi connectivity index (χ0) is 10.1. The van der Waals surface area contributed by atoms with E-state index in [1.807, 2.05) is 0 Å². The molecule has 1 atom stereocenters. The number of nitrogens with one attached hydrogen (secondary N) is 1. The second kappa shape index (κ2) is 7.84. The van der Waals surface area contributed by atoms with Crippen LogP contribution < -0.4 is 5.32 Å². The Labute approximate surface area is 81.4 Å². The Balaban J connectivity index is 3.17. The fraction of sp³-hybridized carbons (Fsp3) is 0.727. The standard InChI is InChI=1S/C11H21NO/c1-4-10(3)8-6-7-9-12-11(13)5-2/h5,10H,2,4,6-9H2,1,3H3,(H,12,13). The molecule has 0 fully saturated rings. The molecule has 76 valence electrons. The lowest BCUT2D eigenvalue weighted by Crippen LogP contribution is -2.21. The van der Waals surface area contributed by atoms with Crippen molar-refractivity contribution in [2.75, 3.05) is 6.54 Å². The molecule has 0 radical (unpaired) electrons. The van der Waals surface area contributed by atoms with Crippen molar-refractivity contribution in [1.82, 2.24) is 5.32 Å². The van der Waals surface area contributed by atoms with Gasteiger partial charge in [0.15, 0.2) is 0 Å². The van der Waals surface area contributed by atoms with E-state index in [0.717, 1.165) is 18.9 Å². The van der Waals surface area contributed by atoms with Crippen LogP contribution in [-0.2, 0) is 4.79 Å². The zero-order valence-corrected chi connectivity index (χ0v) is 8.81. The van der Waals surface area contributed by atoms with Crippen LogP contribution in [0.5, 0.6) is 0 Å². The van der Waals surface area contributed by atoms with E-state index in [1.165, 1.54) is 25.3 Å². The molecule has 0 aliphatic carbocycles. The van der Waals surface area contributed by atoms with Crippen molar-refractivity contribution >= 4 is 5.91 Å². The fourth-order valence-electron chi connectivity index (χ4n) is 1.11. The minimum absolute atomic E-state index is 0.0662. The molecule has 1 N–H and O–H groups in total. The third-order valence-corrected chi connectivity index (χ3v) is 2.31. The molecule has 0 heterocycles. The van der Waals surface area contributed by atoms with Gasteiger partial charge in [0.05, 0.1) is 0 Å². The Bertz CT molecular complexity index is 154. The molecule has 1 amide bonds. The Hall–Kier alpha value is -0.790. The van der Waals surface area contributed by atoms with E-state index in [-0.39, 0.29) is 5.91 Å². The normalized spacial score (nSPS) is 12.2. The first-order chi connectivity index (χ1) is 6.20. The summed E-state index contributed by atoms with van der Waals surface area (Å²) in [4.78, 5) is 10.7. The SMILES string of the molecule is C=CC(=O)NCCCCC(C)CC. The molecule has 0 aliphatic heterocycles. The molecular formula is C11H21NO. The van der Waals surface area contributed by atoms with Gasteiger partial charge in [-0.3, -0.25) is 4.79 Å². The van der Waals surface area contributed by atoms with E-state index in [2.05, 4.69) is 25.7 Å². The highest BCUT2D eigenvalue weighted by molar-refractivity contribution is 5.86. The highest BCUT2D eigenvalue weighted by Crippen LogP contribution is 2.10. The van der Waals surface area contributed by atoms with Crippen LogP contribution >= 0.6 is 0 Å². The number of carbonyl (C=O) groups excluding carboxylic acids is 1. The molecule has 0 bridgehead atoms. The highest BCUT2D eigenvalue weighted by Gasteiger charge is 1.98. The number of unbranched alkanes of at least 4 members (excludes halogenated alkanes) is 1. The van der Waals surface area contributed by atoms with Crippen LogP contribution in [0.25, 0.3) is 0 Å². The first kappa shape index (κ1) is 12.2. The lowest BCUT2D eigenvalue weighted by molar-refractivity contribution is -0.116. The summed E-state index contributed by atoms with van der Waals surface area (Å²) in [5, 5.41) is 2.77. The van der Waals surface area contributed by atoms with Crippen molar-refractivity contribution in [2.45, 2.75) is 39.5 Å². The second-order valence-corrected chi connectivity index (χ2v) is 3.50. The van der Waals surface area contributed by atoms with Crippen LogP contribution in [0.1, 0.15) is 39.5 Å². The largest absolute Gasteiger partial charge is 0.353 e. The first-order valence-corrected chi connectivity index (χ1v) is 5.11. The summed E-state index contributed by atoms with van der Waals surface area (Å²) >= 11 is 0. The van der Waals surface area contributed by atoms with Gasteiger partial charge in [-0.15, -0.1) is 0 Å². The van der Waals surface area contributed by atoms with Crippen molar-refractivity contribution in [3.8, 4) is 0 Å². The predicted molar refractivity (Wildman–Crippen MR) is 56.5 cm³/mol. The Morgan fingerprint density at radius 1 is 1.54 bits per heavy atom. The van der Waals surface area contributed by atoms with Crippen LogP contribution in [-0.4, -0.2) is 12.5 Å². The molecule has 0 aromatic carbocycles. The van der Waals surface area contributed by atoms with Crippen LogP contribution in [0.3, 0.4) is 0 Å². The van der Waals surface area contributed by atoms with Crippen LogP contribution in [0.15, 0.2) is 12.7 Å².